The molecule has 1 spiro atoms. The Hall–Kier alpha value is -1.10. The Morgan fingerprint density at radius 2 is 2.18 bits per heavy atom. The molecular weight excluding hydrogens is 220 g/mol. The van der Waals surface area contributed by atoms with E-state index in [0.29, 0.717) is 13.0 Å². The van der Waals surface area contributed by atoms with E-state index in [4.69, 9.17) is 10.8 Å². The molecule has 2 aliphatic rings. The third kappa shape index (κ3) is 2.29. The van der Waals surface area contributed by atoms with Crippen LogP contribution in [-0.4, -0.2) is 41.0 Å². The molecule has 5 nitrogen and oxygen atoms in total. The normalized spacial score (nSPS) is 34.2. The number of rotatable bonds is 2. The second-order valence-electron chi connectivity index (χ2n) is 5.58. The molecule has 1 heterocycles. The smallest absolute Gasteiger partial charge is 0.306 e. The molecule has 1 amide bonds. The van der Waals surface area contributed by atoms with Gasteiger partial charge in [-0.3, -0.25) is 9.59 Å². The summed E-state index contributed by atoms with van der Waals surface area (Å²) in [5.41, 5.74) is 5.64. The molecule has 0 aromatic heterocycles. The molecule has 0 unspecified atom stereocenters. The highest BCUT2D eigenvalue weighted by molar-refractivity contribution is 5.81. The van der Waals surface area contributed by atoms with E-state index < -0.39 is 12.0 Å². The predicted molar refractivity (Wildman–Crippen MR) is 62.3 cm³/mol. The van der Waals surface area contributed by atoms with Crippen molar-refractivity contribution < 1.29 is 14.7 Å². The Morgan fingerprint density at radius 3 is 2.71 bits per heavy atom. The van der Waals surface area contributed by atoms with Crippen LogP contribution in [0.3, 0.4) is 0 Å². The van der Waals surface area contributed by atoms with E-state index in [1.54, 1.807) is 11.8 Å². The lowest BCUT2D eigenvalue weighted by atomic mass is 9.84. The van der Waals surface area contributed by atoms with Crippen LogP contribution in [0, 0.1) is 11.3 Å². The largest absolute Gasteiger partial charge is 0.481 e. The first-order valence-corrected chi connectivity index (χ1v) is 6.21. The number of amides is 1. The highest BCUT2D eigenvalue weighted by Gasteiger charge is 2.47. The minimum atomic E-state index is -0.696. The van der Waals surface area contributed by atoms with Crippen LogP contribution in [0.1, 0.15) is 32.6 Å². The number of nitrogens with zero attached hydrogens (tertiary/aromatic N) is 1. The van der Waals surface area contributed by atoms with E-state index in [9.17, 15) is 9.59 Å². The van der Waals surface area contributed by atoms with E-state index in [0.717, 1.165) is 25.8 Å². The second-order valence-corrected chi connectivity index (χ2v) is 5.58. The van der Waals surface area contributed by atoms with Gasteiger partial charge < -0.3 is 15.7 Å². The number of carbonyl (C=O) groups excluding carboxylic acids is 1. The second kappa shape index (κ2) is 4.29. The van der Waals surface area contributed by atoms with Crippen molar-refractivity contribution in [1.82, 2.24) is 4.90 Å². The van der Waals surface area contributed by atoms with Crippen LogP contribution in [0.15, 0.2) is 0 Å². The molecule has 1 aliphatic heterocycles. The molecule has 2 rings (SSSR count). The van der Waals surface area contributed by atoms with Gasteiger partial charge in [-0.2, -0.15) is 0 Å². The highest BCUT2D eigenvalue weighted by atomic mass is 16.4. The van der Waals surface area contributed by atoms with E-state index in [2.05, 4.69) is 0 Å². The van der Waals surface area contributed by atoms with Gasteiger partial charge in [-0.1, -0.05) is 0 Å². The molecule has 2 fully saturated rings. The first-order chi connectivity index (χ1) is 7.93. The van der Waals surface area contributed by atoms with Crippen LogP contribution in [0.25, 0.3) is 0 Å². The third-order valence-electron chi connectivity index (χ3n) is 4.19. The van der Waals surface area contributed by atoms with Crippen molar-refractivity contribution in [2.75, 3.05) is 13.1 Å². The molecular formula is C12H20N2O3. The van der Waals surface area contributed by atoms with E-state index in [1.165, 1.54) is 0 Å². The molecule has 3 atom stereocenters. The summed E-state index contributed by atoms with van der Waals surface area (Å²) in [5.74, 6) is -0.931. The number of carboxylic acids is 1. The lowest BCUT2D eigenvalue weighted by Crippen LogP contribution is -2.41. The summed E-state index contributed by atoms with van der Waals surface area (Å²) in [7, 11) is 0. The molecule has 1 saturated carbocycles. The summed E-state index contributed by atoms with van der Waals surface area (Å²) < 4.78 is 0. The van der Waals surface area contributed by atoms with Gasteiger partial charge in [0.1, 0.15) is 0 Å². The molecule has 17 heavy (non-hydrogen) atoms. The zero-order chi connectivity index (χ0) is 12.6. The molecule has 0 aromatic carbocycles. The third-order valence-corrected chi connectivity index (χ3v) is 4.19. The van der Waals surface area contributed by atoms with Gasteiger partial charge in [-0.05, 0) is 38.0 Å². The molecule has 0 aromatic rings. The lowest BCUT2D eigenvalue weighted by Gasteiger charge is -2.24. The van der Waals surface area contributed by atoms with Crippen molar-refractivity contribution in [3.63, 3.8) is 0 Å². The van der Waals surface area contributed by atoms with Gasteiger partial charge in [-0.15, -0.1) is 0 Å². The van der Waals surface area contributed by atoms with Gasteiger partial charge in [0.05, 0.1) is 12.0 Å². The van der Waals surface area contributed by atoms with Gasteiger partial charge >= 0.3 is 5.97 Å². The molecule has 96 valence electrons. The maximum absolute atomic E-state index is 11.8. The fourth-order valence-corrected chi connectivity index (χ4v) is 3.20. The molecule has 1 aliphatic carbocycles. The van der Waals surface area contributed by atoms with Crippen molar-refractivity contribution in [3.05, 3.63) is 0 Å². The number of hydrogen-bond acceptors (Lipinski definition) is 3. The predicted octanol–water partition coefficient (Wildman–Crippen LogP) is 0.437. The van der Waals surface area contributed by atoms with Crippen molar-refractivity contribution in [3.8, 4) is 0 Å². The number of aliphatic carboxylic acids is 1. The highest BCUT2D eigenvalue weighted by Crippen LogP contribution is 2.48. The van der Waals surface area contributed by atoms with Crippen molar-refractivity contribution in [2.24, 2.45) is 17.1 Å². The lowest BCUT2D eigenvalue weighted by molar-refractivity contribution is -0.141. The number of nitrogens with two attached hydrogens (primary N) is 1. The number of carboxylic acid groups (broad SMARTS) is 1. The Kier molecular flexibility index (Phi) is 3.12. The molecule has 5 heteroatoms. The quantitative estimate of drug-likeness (QED) is 0.733. The van der Waals surface area contributed by atoms with Crippen LogP contribution < -0.4 is 5.73 Å². The average molecular weight is 240 g/mol. The Morgan fingerprint density at radius 1 is 1.47 bits per heavy atom. The Labute approximate surface area is 101 Å². The summed E-state index contributed by atoms with van der Waals surface area (Å²) in [5, 5.41) is 9.02. The van der Waals surface area contributed by atoms with Crippen LogP contribution >= 0.6 is 0 Å². The van der Waals surface area contributed by atoms with Gasteiger partial charge in [0, 0.05) is 13.1 Å². The van der Waals surface area contributed by atoms with Crippen LogP contribution in [0.2, 0.25) is 0 Å². The van der Waals surface area contributed by atoms with Gasteiger partial charge in [0.25, 0.3) is 0 Å². The fraction of sp³-hybridized carbons (Fsp3) is 0.833. The maximum Gasteiger partial charge on any atom is 0.306 e. The van der Waals surface area contributed by atoms with Crippen molar-refractivity contribution in [1.29, 1.82) is 0 Å². The van der Waals surface area contributed by atoms with Crippen molar-refractivity contribution in [2.45, 2.75) is 38.6 Å². The summed E-state index contributed by atoms with van der Waals surface area (Å²) in [6, 6.07) is -0.457. The topological polar surface area (TPSA) is 83.6 Å². The fourth-order valence-electron chi connectivity index (χ4n) is 3.20. The summed E-state index contributed by atoms with van der Waals surface area (Å²) in [6.07, 6.45) is 3.31. The van der Waals surface area contributed by atoms with Gasteiger partial charge in [-0.25, -0.2) is 0 Å². The first kappa shape index (κ1) is 12.4. The Bertz CT molecular complexity index is 343. The maximum atomic E-state index is 11.8. The minimum Gasteiger partial charge on any atom is -0.481 e. The van der Waals surface area contributed by atoms with E-state index in [1.807, 2.05) is 0 Å². The minimum absolute atomic E-state index is 0.0133. The first-order valence-electron chi connectivity index (χ1n) is 6.21. The van der Waals surface area contributed by atoms with Gasteiger partial charge in [0.15, 0.2) is 0 Å². The van der Waals surface area contributed by atoms with Gasteiger partial charge in [0.2, 0.25) is 5.91 Å². The number of carbonyl (C=O) groups is 2. The zero-order valence-corrected chi connectivity index (χ0v) is 10.2. The zero-order valence-electron chi connectivity index (χ0n) is 10.2. The SMILES string of the molecule is C[C@@H](N)C(=O)N1CC[C@@]2(CC[C@H](C(=O)O)C2)C1. The standard InChI is InChI=1S/C12H20N2O3/c1-8(13)10(15)14-5-4-12(7-14)3-2-9(6-12)11(16)17/h8-9H,2-7,13H2,1H3,(H,16,17)/t8-,9+,12-/m1/s1. The number of hydrogen-bond donors (Lipinski definition) is 2. The molecule has 3 N–H and O–H groups in total. The van der Waals surface area contributed by atoms with Crippen LogP contribution in [0.4, 0.5) is 0 Å². The average Bonchev–Trinajstić information content (AvgIpc) is 2.86. The Balaban J connectivity index is 1.98. The molecule has 0 bridgehead atoms. The summed E-state index contributed by atoms with van der Waals surface area (Å²) in [4.78, 5) is 24.6. The van der Waals surface area contributed by atoms with E-state index in [-0.39, 0.29) is 17.2 Å². The summed E-state index contributed by atoms with van der Waals surface area (Å²) in [6.45, 7) is 3.12. The molecule has 0 radical (unpaired) electrons. The summed E-state index contributed by atoms with van der Waals surface area (Å²) >= 11 is 0. The van der Waals surface area contributed by atoms with Crippen LogP contribution in [-0.2, 0) is 9.59 Å². The van der Waals surface area contributed by atoms with Crippen LogP contribution in [0.5, 0.6) is 0 Å². The van der Waals surface area contributed by atoms with E-state index >= 15 is 0 Å². The molecule has 1 saturated heterocycles. The monoisotopic (exact) mass is 240 g/mol. The van der Waals surface area contributed by atoms with Crippen molar-refractivity contribution >= 4 is 11.9 Å². The number of likely N-dealkylation sites (tertiary alicyclic amines) is 1.